The number of hydrogen-bond acceptors (Lipinski definition) is 3. The average molecular weight is 224 g/mol. The lowest BCUT2D eigenvalue weighted by Gasteiger charge is -2.09. The summed E-state index contributed by atoms with van der Waals surface area (Å²) in [4.78, 5) is 0. The minimum atomic E-state index is 0.0738. The highest BCUT2D eigenvalue weighted by Crippen LogP contribution is 2.19. The minimum Gasteiger partial charge on any atom is -0.492 e. The van der Waals surface area contributed by atoms with E-state index in [0.717, 1.165) is 17.1 Å². The predicted octanol–water partition coefficient (Wildman–Crippen LogP) is 2.02. The Morgan fingerprint density at radius 2 is 2.27 bits per heavy atom. The summed E-state index contributed by atoms with van der Waals surface area (Å²) < 4.78 is 5.59. The van der Waals surface area contributed by atoms with Gasteiger partial charge in [0.2, 0.25) is 0 Å². The fourth-order valence-corrected chi connectivity index (χ4v) is 1.41. The number of benzene rings is 1. The maximum atomic E-state index is 7.33. The van der Waals surface area contributed by atoms with Crippen LogP contribution in [0.4, 0.5) is 0 Å². The van der Waals surface area contributed by atoms with Crippen LogP contribution in [0.15, 0.2) is 18.2 Å². The number of nitrogens with two attached hydrogens (primary N) is 1. The van der Waals surface area contributed by atoms with E-state index in [9.17, 15) is 0 Å². The van der Waals surface area contributed by atoms with Crippen molar-refractivity contribution in [3.05, 3.63) is 29.3 Å². The zero-order valence-corrected chi connectivity index (χ0v) is 9.86. The molecule has 3 nitrogen and oxygen atoms in total. The zero-order valence-electron chi connectivity index (χ0n) is 9.04. The van der Waals surface area contributed by atoms with Gasteiger partial charge in [0.1, 0.15) is 11.6 Å². The number of ether oxygens (including phenoxy) is 1. The van der Waals surface area contributed by atoms with E-state index in [-0.39, 0.29) is 5.84 Å². The van der Waals surface area contributed by atoms with Crippen LogP contribution in [0.25, 0.3) is 0 Å². The van der Waals surface area contributed by atoms with Crippen LogP contribution in [0.5, 0.6) is 5.75 Å². The molecular weight excluding hydrogens is 208 g/mol. The first kappa shape index (κ1) is 11.9. The Morgan fingerprint density at radius 1 is 1.53 bits per heavy atom. The molecule has 0 unspecified atom stereocenters. The van der Waals surface area contributed by atoms with Crippen molar-refractivity contribution in [3.63, 3.8) is 0 Å². The fourth-order valence-electron chi connectivity index (χ4n) is 1.16. The molecule has 1 aromatic carbocycles. The Bertz CT molecular complexity index is 352. The number of thioether (sulfide) groups is 1. The molecule has 0 aromatic heterocycles. The third kappa shape index (κ3) is 3.47. The van der Waals surface area contributed by atoms with Gasteiger partial charge in [0, 0.05) is 11.3 Å². The van der Waals surface area contributed by atoms with Gasteiger partial charge in [-0.15, -0.1) is 0 Å². The van der Waals surface area contributed by atoms with Gasteiger partial charge in [-0.05, 0) is 24.8 Å². The van der Waals surface area contributed by atoms with Crippen molar-refractivity contribution in [1.29, 1.82) is 5.41 Å². The van der Waals surface area contributed by atoms with E-state index in [1.54, 1.807) is 11.8 Å². The van der Waals surface area contributed by atoms with Gasteiger partial charge in [0.15, 0.2) is 0 Å². The number of rotatable bonds is 5. The first-order valence-corrected chi connectivity index (χ1v) is 6.11. The van der Waals surface area contributed by atoms with E-state index in [0.29, 0.717) is 12.2 Å². The van der Waals surface area contributed by atoms with Crippen LogP contribution in [-0.2, 0) is 0 Å². The van der Waals surface area contributed by atoms with Crippen molar-refractivity contribution in [3.8, 4) is 5.75 Å². The van der Waals surface area contributed by atoms with E-state index < -0.39 is 0 Å². The maximum Gasteiger partial charge on any atom is 0.122 e. The smallest absolute Gasteiger partial charge is 0.122 e. The van der Waals surface area contributed by atoms with Gasteiger partial charge in [-0.25, -0.2) is 0 Å². The third-order valence-electron chi connectivity index (χ3n) is 2.04. The summed E-state index contributed by atoms with van der Waals surface area (Å²) in [6, 6.07) is 5.57. The fraction of sp³-hybridized carbons (Fsp3) is 0.364. The zero-order chi connectivity index (χ0) is 11.3. The van der Waals surface area contributed by atoms with E-state index in [4.69, 9.17) is 15.9 Å². The Labute approximate surface area is 94.5 Å². The molecule has 15 heavy (non-hydrogen) atoms. The third-order valence-corrected chi connectivity index (χ3v) is 2.62. The monoisotopic (exact) mass is 224 g/mol. The normalized spacial score (nSPS) is 10.0. The van der Waals surface area contributed by atoms with Gasteiger partial charge in [0.05, 0.1) is 6.61 Å². The molecule has 0 spiro atoms. The van der Waals surface area contributed by atoms with E-state index in [2.05, 4.69) is 0 Å². The van der Waals surface area contributed by atoms with Crippen LogP contribution in [0.1, 0.15) is 11.1 Å². The molecule has 0 aliphatic carbocycles. The number of amidine groups is 1. The lowest BCUT2D eigenvalue weighted by Crippen LogP contribution is -2.11. The summed E-state index contributed by atoms with van der Waals surface area (Å²) in [5, 5.41) is 7.33. The van der Waals surface area contributed by atoms with Crippen LogP contribution in [0.3, 0.4) is 0 Å². The van der Waals surface area contributed by atoms with Gasteiger partial charge < -0.3 is 10.5 Å². The van der Waals surface area contributed by atoms with Crippen molar-refractivity contribution in [2.45, 2.75) is 6.92 Å². The van der Waals surface area contributed by atoms with Crippen LogP contribution >= 0.6 is 11.8 Å². The number of aryl methyl sites for hydroxylation is 1. The molecule has 0 bridgehead atoms. The standard InChI is InChI=1S/C11H16N2OS/c1-8-3-4-9(11(12)13)7-10(8)14-5-6-15-2/h3-4,7H,5-6H2,1-2H3,(H3,12,13). The van der Waals surface area contributed by atoms with Crippen molar-refractivity contribution in [1.82, 2.24) is 0 Å². The Kier molecular flexibility index (Phi) is 4.49. The maximum absolute atomic E-state index is 7.33. The Morgan fingerprint density at radius 3 is 2.87 bits per heavy atom. The number of hydrogen-bond donors (Lipinski definition) is 2. The summed E-state index contributed by atoms with van der Waals surface area (Å²) in [6.45, 7) is 2.67. The van der Waals surface area contributed by atoms with Gasteiger partial charge in [-0.3, -0.25) is 5.41 Å². The molecule has 4 heteroatoms. The van der Waals surface area contributed by atoms with Crippen LogP contribution in [-0.4, -0.2) is 24.5 Å². The Hall–Kier alpha value is -1.16. The molecule has 0 saturated heterocycles. The van der Waals surface area contributed by atoms with Gasteiger partial charge in [-0.2, -0.15) is 11.8 Å². The number of nitrogens with one attached hydrogen (secondary N) is 1. The first-order chi connectivity index (χ1) is 7.15. The van der Waals surface area contributed by atoms with E-state index in [1.807, 2.05) is 31.4 Å². The molecule has 0 heterocycles. The summed E-state index contributed by atoms with van der Waals surface area (Å²) in [5.41, 5.74) is 7.19. The molecule has 82 valence electrons. The van der Waals surface area contributed by atoms with Crippen molar-refractivity contribution < 1.29 is 4.74 Å². The molecule has 3 N–H and O–H groups in total. The molecule has 0 aliphatic heterocycles. The SMILES string of the molecule is CSCCOc1cc(C(=N)N)ccc1C. The average Bonchev–Trinajstić information content (AvgIpc) is 2.20. The van der Waals surface area contributed by atoms with E-state index in [1.165, 1.54) is 0 Å². The largest absolute Gasteiger partial charge is 0.492 e. The quantitative estimate of drug-likeness (QED) is 0.457. The summed E-state index contributed by atoms with van der Waals surface area (Å²) in [5.74, 6) is 1.85. The minimum absolute atomic E-state index is 0.0738. The van der Waals surface area contributed by atoms with Crippen molar-refractivity contribution >= 4 is 17.6 Å². The lowest BCUT2D eigenvalue weighted by molar-refractivity contribution is 0.341. The molecule has 0 fully saturated rings. The van der Waals surface area contributed by atoms with Gasteiger partial charge in [0.25, 0.3) is 0 Å². The van der Waals surface area contributed by atoms with Crippen LogP contribution in [0.2, 0.25) is 0 Å². The highest BCUT2D eigenvalue weighted by molar-refractivity contribution is 7.98. The van der Waals surface area contributed by atoms with Gasteiger partial charge >= 0.3 is 0 Å². The van der Waals surface area contributed by atoms with Crippen LogP contribution in [0, 0.1) is 12.3 Å². The molecule has 1 aromatic rings. The summed E-state index contributed by atoms with van der Waals surface area (Å²) in [7, 11) is 0. The molecule has 0 radical (unpaired) electrons. The molecule has 0 aliphatic rings. The van der Waals surface area contributed by atoms with Crippen LogP contribution < -0.4 is 10.5 Å². The summed E-state index contributed by atoms with van der Waals surface area (Å²) in [6.07, 6.45) is 2.04. The molecular formula is C11H16N2OS. The predicted molar refractivity (Wildman–Crippen MR) is 66.1 cm³/mol. The second kappa shape index (κ2) is 5.66. The second-order valence-corrected chi connectivity index (χ2v) is 4.22. The first-order valence-electron chi connectivity index (χ1n) is 4.72. The molecule has 0 amide bonds. The second-order valence-electron chi connectivity index (χ2n) is 3.24. The lowest BCUT2D eigenvalue weighted by atomic mass is 10.1. The van der Waals surface area contributed by atoms with E-state index >= 15 is 0 Å². The molecule has 1 rings (SSSR count). The van der Waals surface area contributed by atoms with Crippen molar-refractivity contribution in [2.75, 3.05) is 18.6 Å². The highest BCUT2D eigenvalue weighted by atomic mass is 32.2. The molecule has 0 saturated carbocycles. The Balaban J connectivity index is 2.76. The topological polar surface area (TPSA) is 59.1 Å². The van der Waals surface area contributed by atoms with Crippen molar-refractivity contribution in [2.24, 2.45) is 5.73 Å². The van der Waals surface area contributed by atoms with Gasteiger partial charge in [-0.1, -0.05) is 12.1 Å². The molecule has 0 atom stereocenters. The summed E-state index contributed by atoms with van der Waals surface area (Å²) >= 11 is 1.75. The highest BCUT2D eigenvalue weighted by Gasteiger charge is 2.03. The number of nitrogen functional groups attached to an aromatic ring is 1.